The molecule has 0 spiro atoms. The Hall–Kier alpha value is -3.28. The number of hydrogen-bond donors (Lipinski definition) is 1. The molecule has 2 heterocycles. The lowest BCUT2D eigenvalue weighted by molar-refractivity contribution is 0.0730. The number of carbonyl (C=O) groups excluding carboxylic acids is 1. The van der Waals surface area contributed by atoms with Crippen LogP contribution in [0.5, 0.6) is 5.75 Å². The number of morpholine rings is 1. The summed E-state index contributed by atoms with van der Waals surface area (Å²) in [5, 5.41) is 7.80. The quantitative estimate of drug-likeness (QED) is 0.567. The molecule has 1 saturated heterocycles. The van der Waals surface area contributed by atoms with Crippen molar-refractivity contribution in [2.75, 3.05) is 38.7 Å². The van der Waals surface area contributed by atoms with Gasteiger partial charge in [-0.05, 0) is 38.1 Å². The number of carbonyl (C=O) groups is 1. The highest BCUT2D eigenvalue weighted by atomic mass is 32.2. The van der Waals surface area contributed by atoms with E-state index in [-0.39, 0.29) is 46.7 Å². The third-order valence-electron chi connectivity index (χ3n) is 5.56. The summed E-state index contributed by atoms with van der Waals surface area (Å²) in [6.07, 6.45) is 0. The van der Waals surface area contributed by atoms with Gasteiger partial charge in [0.05, 0.1) is 42.3 Å². The summed E-state index contributed by atoms with van der Waals surface area (Å²) >= 11 is 0. The van der Waals surface area contributed by atoms with Crippen molar-refractivity contribution < 1.29 is 22.7 Å². The largest absolute Gasteiger partial charge is 0.495 e. The van der Waals surface area contributed by atoms with Crippen LogP contribution in [-0.2, 0) is 14.8 Å². The predicted molar refractivity (Wildman–Crippen MR) is 127 cm³/mol. The van der Waals surface area contributed by atoms with Crippen LogP contribution in [0.2, 0.25) is 0 Å². The van der Waals surface area contributed by atoms with Crippen LogP contribution in [0.1, 0.15) is 30.4 Å². The molecule has 180 valence electrons. The molecule has 34 heavy (non-hydrogen) atoms. The molecule has 0 unspecified atom stereocenters. The molecule has 0 atom stereocenters. The maximum absolute atomic E-state index is 13.3. The summed E-state index contributed by atoms with van der Waals surface area (Å²) < 4.78 is 39.4. The van der Waals surface area contributed by atoms with E-state index in [1.54, 1.807) is 38.1 Å². The van der Waals surface area contributed by atoms with E-state index in [0.29, 0.717) is 24.0 Å². The van der Waals surface area contributed by atoms with Crippen LogP contribution in [0.15, 0.2) is 52.2 Å². The number of amides is 1. The van der Waals surface area contributed by atoms with Gasteiger partial charge in [0, 0.05) is 18.5 Å². The fourth-order valence-corrected chi connectivity index (χ4v) is 5.22. The molecule has 0 radical (unpaired) electrons. The van der Waals surface area contributed by atoms with Crippen LogP contribution in [0.4, 0.5) is 5.69 Å². The van der Waals surface area contributed by atoms with Crippen LogP contribution < -0.4 is 15.6 Å². The summed E-state index contributed by atoms with van der Waals surface area (Å²) in [6, 6.07) is 10.8. The van der Waals surface area contributed by atoms with E-state index < -0.39 is 15.9 Å². The summed E-state index contributed by atoms with van der Waals surface area (Å²) in [6.45, 7) is 4.75. The Morgan fingerprint density at radius 3 is 2.44 bits per heavy atom. The molecule has 1 fully saturated rings. The summed E-state index contributed by atoms with van der Waals surface area (Å²) in [5.74, 6) is -0.305. The Morgan fingerprint density at radius 1 is 1.12 bits per heavy atom. The van der Waals surface area contributed by atoms with E-state index in [9.17, 15) is 18.0 Å². The van der Waals surface area contributed by atoms with Crippen molar-refractivity contribution in [2.24, 2.45) is 0 Å². The molecular weight excluding hydrogens is 460 g/mol. The number of aromatic nitrogens is 2. The van der Waals surface area contributed by atoms with Crippen LogP contribution in [0.3, 0.4) is 0 Å². The van der Waals surface area contributed by atoms with Gasteiger partial charge >= 0.3 is 0 Å². The van der Waals surface area contributed by atoms with Gasteiger partial charge < -0.3 is 14.8 Å². The number of methoxy groups -OCH3 is 1. The number of sulfonamides is 1. The molecule has 0 saturated carbocycles. The van der Waals surface area contributed by atoms with E-state index in [0.717, 1.165) is 0 Å². The highest BCUT2D eigenvalue weighted by molar-refractivity contribution is 7.89. The Kier molecular flexibility index (Phi) is 6.69. The van der Waals surface area contributed by atoms with Gasteiger partial charge in [-0.15, -0.1) is 0 Å². The summed E-state index contributed by atoms with van der Waals surface area (Å²) in [5.41, 5.74) is -0.0688. The van der Waals surface area contributed by atoms with Gasteiger partial charge in [0.25, 0.3) is 11.5 Å². The molecule has 0 aliphatic carbocycles. The molecule has 1 N–H and O–H groups in total. The zero-order chi connectivity index (χ0) is 24.5. The third-order valence-corrected chi connectivity index (χ3v) is 7.45. The topological polar surface area (TPSA) is 120 Å². The maximum atomic E-state index is 13.3. The number of anilines is 1. The minimum absolute atomic E-state index is 0.0236. The predicted octanol–water partition coefficient (Wildman–Crippen LogP) is 2.26. The van der Waals surface area contributed by atoms with Gasteiger partial charge in [-0.25, -0.2) is 13.1 Å². The first kappa shape index (κ1) is 23.9. The molecule has 10 nitrogen and oxygen atoms in total. The van der Waals surface area contributed by atoms with Crippen molar-refractivity contribution in [2.45, 2.75) is 24.8 Å². The molecule has 3 aromatic rings. The van der Waals surface area contributed by atoms with E-state index in [1.807, 2.05) is 0 Å². The molecule has 1 amide bonds. The average Bonchev–Trinajstić information content (AvgIpc) is 2.84. The van der Waals surface area contributed by atoms with E-state index in [1.165, 1.54) is 34.3 Å². The number of nitrogens with one attached hydrogen (secondary N) is 1. The minimum atomic E-state index is -3.78. The van der Waals surface area contributed by atoms with E-state index in [4.69, 9.17) is 9.47 Å². The molecular formula is C23H26N4O6S. The number of benzene rings is 2. The smallest absolute Gasteiger partial charge is 0.276 e. The molecule has 4 rings (SSSR count). The van der Waals surface area contributed by atoms with Crippen molar-refractivity contribution in [3.05, 3.63) is 58.5 Å². The lowest BCUT2D eigenvalue weighted by Gasteiger charge is -2.26. The Bertz CT molecular complexity index is 1390. The highest BCUT2D eigenvalue weighted by Crippen LogP contribution is 2.30. The number of ether oxygens (including phenoxy) is 2. The molecule has 0 bridgehead atoms. The highest BCUT2D eigenvalue weighted by Gasteiger charge is 2.28. The molecule has 2 aromatic carbocycles. The van der Waals surface area contributed by atoms with Crippen LogP contribution in [0.25, 0.3) is 10.8 Å². The van der Waals surface area contributed by atoms with E-state index >= 15 is 0 Å². The second-order valence-electron chi connectivity index (χ2n) is 8.07. The number of nitrogens with zero attached hydrogens (tertiary/aromatic N) is 3. The SMILES string of the molecule is COc1ccc(S(=O)(=O)N2CCOCC2)cc1NC(=O)c1nn(C(C)C)c(=O)c2ccccc12. The van der Waals surface area contributed by atoms with Gasteiger partial charge in [0.1, 0.15) is 5.75 Å². The third kappa shape index (κ3) is 4.41. The van der Waals surface area contributed by atoms with Crippen molar-refractivity contribution in [3.8, 4) is 5.75 Å². The van der Waals surface area contributed by atoms with Crippen LogP contribution in [0, 0.1) is 0 Å². The van der Waals surface area contributed by atoms with Crippen molar-refractivity contribution in [3.63, 3.8) is 0 Å². The Labute approximate surface area is 197 Å². The van der Waals surface area contributed by atoms with Gasteiger partial charge in [-0.1, -0.05) is 18.2 Å². The lowest BCUT2D eigenvalue weighted by atomic mass is 10.1. The zero-order valence-electron chi connectivity index (χ0n) is 19.1. The average molecular weight is 487 g/mol. The van der Waals surface area contributed by atoms with Crippen LogP contribution >= 0.6 is 0 Å². The first-order chi connectivity index (χ1) is 16.2. The van der Waals surface area contributed by atoms with Gasteiger partial charge in [0.2, 0.25) is 10.0 Å². The van der Waals surface area contributed by atoms with Crippen molar-refractivity contribution in [1.29, 1.82) is 0 Å². The zero-order valence-corrected chi connectivity index (χ0v) is 20.0. The minimum Gasteiger partial charge on any atom is -0.495 e. The van der Waals surface area contributed by atoms with Gasteiger partial charge in [-0.3, -0.25) is 9.59 Å². The fraction of sp³-hybridized carbons (Fsp3) is 0.348. The number of rotatable bonds is 6. The van der Waals surface area contributed by atoms with Crippen molar-refractivity contribution in [1.82, 2.24) is 14.1 Å². The molecule has 1 aromatic heterocycles. The van der Waals surface area contributed by atoms with Crippen LogP contribution in [-0.4, -0.2) is 61.8 Å². The standard InChI is InChI=1S/C23H26N4O6S/c1-15(2)27-23(29)18-7-5-4-6-17(18)21(25-27)22(28)24-19-14-16(8-9-20(19)32-3)34(30,31)26-10-12-33-13-11-26/h4-9,14-15H,10-13H2,1-3H3,(H,24,28). The molecule has 11 heteroatoms. The Morgan fingerprint density at radius 2 is 1.79 bits per heavy atom. The molecule has 1 aliphatic rings. The van der Waals surface area contributed by atoms with E-state index in [2.05, 4.69) is 10.4 Å². The second kappa shape index (κ2) is 9.53. The van der Waals surface area contributed by atoms with Gasteiger partial charge in [0.15, 0.2) is 5.69 Å². The normalized spacial score (nSPS) is 14.9. The maximum Gasteiger partial charge on any atom is 0.276 e. The summed E-state index contributed by atoms with van der Waals surface area (Å²) in [4.78, 5) is 26.1. The monoisotopic (exact) mass is 486 g/mol. The number of fused-ring (bicyclic) bond motifs is 1. The first-order valence-corrected chi connectivity index (χ1v) is 12.3. The fourth-order valence-electron chi connectivity index (χ4n) is 3.79. The summed E-state index contributed by atoms with van der Waals surface area (Å²) in [7, 11) is -2.36. The van der Waals surface area contributed by atoms with Gasteiger partial charge in [-0.2, -0.15) is 9.40 Å². The molecule has 1 aliphatic heterocycles. The number of hydrogen-bond acceptors (Lipinski definition) is 7. The first-order valence-electron chi connectivity index (χ1n) is 10.8. The van der Waals surface area contributed by atoms with Crippen molar-refractivity contribution >= 4 is 32.4 Å². The Balaban J connectivity index is 1.75. The second-order valence-corrected chi connectivity index (χ2v) is 10.0. The lowest BCUT2D eigenvalue weighted by Crippen LogP contribution is -2.40.